The topological polar surface area (TPSA) is 6.48 Å². The molecule has 0 fully saturated rings. The first-order valence-electron chi connectivity index (χ1n) is 16.5. The van der Waals surface area contributed by atoms with Crippen LogP contribution in [-0.2, 0) is 45.0 Å². The molecule has 0 aromatic heterocycles. The van der Waals surface area contributed by atoms with E-state index in [4.69, 9.17) is 0 Å². The summed E-state index contributed by atoms with van der Waals surface area (Å²) in [5, 5.41) is 5.00. The molecule has 0 amide bonds. The van der Waals surface area contributed by atoms with E-state index in [0.29, 0.717) is 0 Å². The summed E-state index contributed by atoms with van der Waals surface area (Å²) >= 11 is 0. The van der Waals surface area contributed by atoms with Crippen molar-refractivity contribution in [1.29, 1.82) is 0 Å². The number of nitrogens with zero attached hydrogens (tertiary/aromatic N) is 2. The molecule has 1 aliphatic heterocycles. The monoisotopic (exact) mass is 795 g/mol. The van der Waals surface area contributed by atoms with E-state index in [1.54, 1.807) is 0 Å². The van der Waals surface area contributed by atoms with Gasteiger partial charge in [0.15, 0.2) is 0 Å². The van der Waals surface area contributed by atoms with Gasteiger partial charge in [0, 0.05) is 38.6 Å². The van der Waals surface area contributed by atoms with E-state index >= 15 is 0 Å². The fraction of sp³-hybridized carbons (Fsp3) is 0.273. The van der Waals surface area contributed by atoms with Gasteiger partial charge in [0.2, 0.25) is 0 Å². The van der Waals surface area contributed by atoms with Crippen molar-refractivity contribution in [3.63, 3.8) is 0 Å². The Bertz CT molecular complexity index is 1960. The molecule has 4 bridgehead atoms. The van der Waals surface area contributed by atoms with Gasteiger partial charge in [0.25, 0.3) is 0 Å². The number of fused-ring (bicyclic) bond motifs is 12. The molecule has 6 aromatic rings. The van der Waals surface area contributed by atoms with Crippen LogP contribution in [-0.4, -0.2) is 14.1 Å². The van der Waals surface area contributed by atoms with Crippen molar-refractivity contribution in [2.24, 2.45) is 0 Å². The molecule has 1 heterocycles. The molecule has 47 heavy (non-hydrogen) atoms. The van der Waals surface area contributed by atoms with Gasteiger partial charge in [0.1, 0.15) is 0 Å². The van der Waals surface area contributed by atoms with E-state index in [1.807, 2.05) is 0 Å². The summed E-state index contributed by atoms with van der Waals surface area (Å²) in [6.07, 6.45) is 0. The Hall–Kier alpha value is -3.87. The summed E-state index contributed by atoms with van der Waals surface area (Å²) < 4.78 is 0. The predicted molar refractivity (Wildman–Crippen MR) is 198 cm³/mol. The van der Waals surface area contributed by atoms with Gasteiger partial charge in [-0.25, -0.2) is 0 Å². The molecular weight excluding hydrogens is 752 g/mol. The molecule has 0 atom stereocenters. The Balaban J connectivity index is 0.00000386. The SMILES string of the molecule is CN1Cc2[c-]c(cc(C(C)(C)C)c2)-c2c(ccc3ccccc23)N(C)Cc2[c-]c(cc(C(C)(C)C)c2)-c2c1ccc1ccccc21.[Pt+4]. The van der Waals surface area contributed by atoms with Crippen LogP contribution in [0.25, 0.3) is 43.8 Å². The van der Waals surface area contributed by atoms with Gasteiger partial charge in [-0.2, -0.15) is 0 Å². The number of hydrogen-bond acceptors (Lipinski definition) is 2. The maximum absolute atomic E-state index is 3.94. The molecule has 0 N–H and O–H groups in total. The number of rotatable bonds is 0. The predicted octanol–water partition coefficient (Wildman–Crippen LogP) is 11.1. The summed E-state index contributed by atoms with van der Waals surface area (Å²) in [4.78, 5) is 4.81. The van der Waals surface area contributed by atoms with Crippen LogP contribution in [0.2, 0.25) is 0 Å². The van der Waals surface area contributed by atoms with Gasteiger partial charge in [-0.1, -0.05) is 124 Å². The third-order valence-electron chi connectivity index (χ3n) is 9.57. The molecule has 238 valence electrons. The minimum absolute atomic E-state index is 0. The second-order valence-corrected chi connectivity index (χ2v) is 15.2. The van der Waals surface area contributed by atoms with Crippen molar-refractivity contribution in [1.82, 2.24) is 0 Å². The minimum Gasteiger partial charge on any atom is -0.379 e. The Labute approximate surface area is 295 Å². The molecule has 0 unspecified atom stereocenters. The fourth-order valence-electron chi connectivity index (χ4n) is 6.97. The fourth-order valence-corrected chi connectivity index (χ4v) is 6.97. The van der Waals surface area contributed by atoms with E-state index in [1.165, 1.54) is 66.3 Å². The molecule has 7 rings (SSSR count). The summed E-state index contributed by atoms with van der Waals surface area (Å²) in [6.45, 7) is 15.3. The maximum atomic E-state index is 3.94. The van der Waals surface area contributed by atoms with Gasteiger partial charge in [-0.15, -0.1) is 69.8 Å². The van der Waals surface area contributed by atoms with E-state index in [0.717, 1.165) is 24.2 Å². The molecule has 0 saturated heterocycles. The van der Waals surface area contributed by atoms with Gasteiger partial charge < -0.3 is 9.80 Å². The Morgan fingerprint density at radius 1 is 0.511 bits per heavy atom. The van der Waals surface area contributed by atoms with Crippen molar-refractivity contribution in [3.8, 4) is 22.3 Å². The van der Waals surface area contributed by atoms with E-state index < -0.39 is 0 Å². The number of benzene rings is 6. The van der Waals surface area contributed by atoms with Crippen molar-refractivity contribution in [2.45, 2.75) is 65.5 Å². The summed E-state index contributed by atoms with van der Waals surface area (Å²) in [5.74, 6) is 0. The molecule has 2 nitrogen and oxygen atoms in total. The Morgan fingerprint density at radius 2 is 0.894 bits per heavy atom. The molecule has 0 saturated carbocycles. The second-order valence-electron chi connectivity index (χ2n) is 15.2. The molecule has 0 spiro atoms. The van der Waals surface area contributed by atoms with Gasteiger partial charge in [0.05, 0.1) is 0 Å². The molecule has 1 aliphatic rings. The standard InChI is InChI=1S/C44H44N2.Pt/c1-43(2,3)35-23-29-21-33(25-35)41-37-15-11-9-13-31(37)17-19-39(41)46(8)28-30-22-34(26-36(24-30)44(4,5)6)42-38-16-12-10-14-32(38)18-20-40(42)45(7)27-29;/h9-20,23-26H,27-28H2,1-8H3;/q-2;+4. The number of anilines is 2. The third kappa shape index (κ3) is 6.26. The van der Waals surface area contributed by atoms with Crippen LogP contribution < -0.4 is 9.80 Å². The van der Waals surface area contributed by atoms with E-state index in [2.05, 4.69) is 175 Å². The Kier molecular flexibility index (Phi) is 8.65. The minimum atomic E-state index is -0.0108. The molecular formula is C44H44N2Pt+2. The second kappa shape index (κ2) is 12.3. The zero-order valence-electron chi connectivity index (χ0n) is 28.9. The van der Waals surface area contributed by atoms with Crippen LogP contribution in [0.5, 0.6) is 0 Å². The zero-order valence-corrected chi connectivity index (χ0v) is 31.1. The third-order valence-corrected chi connectivity index (χ3v) is 9.57. The molecule has 0 aliphatic carbocycles. The van der Waals surface area contributed by atoms with Crippen molar-refractivity contribution in [3.05, 3.63) is 131 Å². The first-order valence-corrected chi connectivity index (χ1v) is 16.5. The maximum Gasteiger partial charge on any atom is 4.00 e. The first-order chi connectivity index (χ1) is 21.9. The van der Waals surface area contributed by atoms with Crippen molar-refractivity contribution >= 4 is 32.9 Å². The zero-order chi connectivity index (χ0) is 32.4. The first kappa shape index (κ1) is 33.0. The summed E-state index contributed by atoms with van der Waals surface area (Å²) in [5.41, 5.74) is 12.2. The van der Waals surface area contributed by atoms with Crippen LogP contribution in [0.15, 0.2) is 97.1 Å². The normalized spacial score (nSPS) is 13.5. The summed E-state index contributed by atoms with van der Waals surface area (Å²) in [6, 6.07) is 44.0. The van der Waals surface area contributed by atoms with Crippen LogP contribution >= 0.6 is 0 Å². The average molecular weight is 796 g/mol. The quantitative estimate of drug-likeness (QED) is 0.141. The van der Waals surface area contributed by atoms with Gasteiger partial charge in [-0.3, -0.25) is 0 Å². The summed E-state index contributed by atoms with van der Waals surface area (Å²) in [7, 11) is 4.45. The van der Waals surface area contributed by atoms with Gasteiger partial charge in [-0.05, 0) is 33.7 Å². The van der Waals surface area contributed by atoms with E-state index in [-0.39, 0.29) is 31.9 Å². The molecule has 0 radical (unpaired) electrons. The average Bonchev–Trinajstić information content (AvgIpc) is 3.02. The van der Waals surface area contributed by atoms with Crippen molar-refractivity contribution < 1.29 is 21.1 Å². The van der Waals surface area contributed by atoms with Gasteiger partial charge >= 0.3 is 21.1 Å². The smallest absolute Gasteiger partial charge is 0.379 e. The van der Waals surface area contributed by atoms with E-state index in [9.17, 15) is 0 Å². The molecule has 3 heteroatoms. The number of hydrogen-bond donors (Lipinski definition) is 0. The molecule has 6 aromatic carbocycles. The van der Waals surface area contributed by atoms with Crippen LogP contribution in [0, 0.1) is 12.1 Å². The van der Waals surface area contributed by atoms with Crippen LogP contribution in [0.3, 0.4) is 0 Å². The van der Waals surface area contributed by atoms with Crippen LogP contribution in [0.4, 0.5) is 11.4 Å². The largest absolute Gasteiger partial charge is 4.00 e. The van der Waals surface area contributed by atoms with Crippen molar-refractivity contribution in [2.75, 3.05) is 23.9 Å². The van der Waals surface area contributed by atoms with Crippen LogP contribution in [0.1, 0.15) is 63.8 Å². The Morgan fingerprint density at radius 3 is 1.28 bits per heavy atom.